The number of piperazine rings is 1. The van der Waals surface area contributed by atoms with Crippen LogP contribution in [0.25, 0.3) is 0 Å². The fourth-order valence-electron chi connectivity index (χ4n) is 2.56. The zero-order valence-corrected chi connectivity index (χ0v) is 11.6. The van der Waals surface area contributed by atoms with Gasteiger partial charge in [0.1, 0.15) is 0 Å². The van der Waals surface area contributed by atoms with E-state index in [1.54, 1.807) is 7.11 Å². The zero-order chi connectivity index (χ0) is 12.7. The van der Waals surface area contributed by atoms with Gasteiger partial charge in [0.2, 0.25) is 0 Å². The van der Waals surface area contributed by atoms with Crippen LogP contribution in [0.2, 0.25) is 0 Å². The number of aliphatic hydroxyl groups is 1. The highest BCUT2D eigenvalue weighted by atomic mass is 16.5. The lowest BCUT2D eigenvalue weighted by Gasteiger charge is -2.41. The molecule has 0 spiro atoms. The van der Waals surface area contributed by atoms with Crippen LogP contribution in [-0.4, -0.2) is 73.5 Å². The topological polar surface area (TPSA) is 35.9 Å². The first-order chi connectivity index (χ1) is 8.17. The summed E-state index contributed by atoms with van der Waals surface area (Å²) in [4.78, 5) is 4.95. The van der Waals surface area contributed by atoms with Crippen LogP contribution in [0.3, 0.4) is 0 Å². The van der Waals surface area contributed by atoms with Crippen LogP contribution in [-0.2, 0) is 4.74 Å². The summed E-state index contributed by atoms with van der Waals surface area (Å²) >= 11 is 0. The molecule has 0 bridgehead atoms. The lowest BCUT2D eigenvalue weighted by molar-refractivity contribution is 0.0337. The molecule has 0 aliphatic carbocycles. The Labute approximate surface area is 106 Å². The third kappa shape index (κ3) is 5.34. The van der Waals surface area contributed by atoms with Gasteiger partial charge >= 0.3 is 0 Å². The fourth-order valence-corrected chi connectivity index (χ4v) is 2.56. The van der Waals surface area contributed by atoms with Crippen LogP contribution >= 0.6 is 0 Å². The van der Waals surface area contributed by atoms with Gasteiger partial charge in [-0.25, -0.2) is 0 Å². The maximum atomic E-state index is 9.49. The standard InChI is InChI=1S/C13H28N2O2/c1-4-13-11-14(6-5-9-17-3)7-8-15(13)10-12(2)16/h12-13,16H,4-11H2,1-3H3. The SMILES string of the molecule is CCC1CN(CCCOC)CCN1CC(C)O. The second-order valence-corrected chi connectivity index (χ2v) is 5.05. The molecule has 0 aromatic rings. The molecule has 0 amide bonds. The van der Waals surface area contributed by atoms with Crippen molar-refractivity contribution in [1.29, 1.82) is 0 Å². The summed E-state index contributed by atoms with van der Waals surface area (Å²) in [6.45, 7) is 10.2. The second kappa shape index (κ2) is 8.03. The quantitative estimate of drug-likeness (QED) is 0.672. The van der Waals surface area contributed by atoms with Crippen molar-refractivity contribution in [2.24, 2.45) is 0 Å². The van der Waals surface area contributed by atoms with E-state index in [-0.39, 0.29) is 6.10 Å². The third-order valence-electron chi connectivity index (χ3n) is 3.48. The highest BCUT2D eigenvalue weighted by Gasteiger charge is 2.25. The van der Waals surface area contributed by atoms with Gasteiger partial charge in [-0.3, -0.25) is 4.90 Å². The molecule has 0 saturated carbocycles. The summed E-state index contributed by atoms with van der Waals surface area (Å²) in [6, 6.07) is 0.598. The number of nitrogens with zero attached hydrogens (tertiary/aromatic N) is 2. The van der Waals surface area contributed by atoms with Crippen molar-refractivity contribution in [3.63, 3.8) is 0 Å². The second-order valence-electron chi connectivity index (χ2n) is 5.05. The van der Waals surface area contributed by atoms with Crippen molar-refractivity contribution in [3.8, 4) is 0 Å². The van der Waals surface area contributed by atoms with Gasteiger partial charge in [-0.15, -0.1) is 0 Å². The monoisotopic (exact) mass is 244 g/mol. The Hall–Kier alpha value is -0.160. The Morgan fingerprint density at radius 1 is 1.41 bits per heavy atom. The number of hydrogen-bond acceptors (Lipinski definition) is 4. The van der Waals surface area contributed by atoms with Gasteiger partial charge in [0.15, 0.2) is 0 Å². The van der Waals surface area contributed by atoms with Gasteiger partial charge in [0.05, 0.1) is 6.10 Å². The molecule has 2 unspecified atom stereocenters. The Morgan fingerprint density at radius 2 is 2.18 bits per heavy atom. The van der Waals surface area contributed by atoms with Gasteiger partial charge in [-0.1, -0.05) is 6.92 Å². The number of hydrogen-bond donors (Lipinski definition) is 1. The largest absolute Gasteiger partial charge is 0.392 e. The highest BCUT2D eigenvalue weighted by molar-refractivity contribution is 4.82. The normalized spacial score (nSPS) is 25.1. The van der Waals surface area contributed by atoms with Crippen LogP contribution in [0.1, 0.15) is 26.7 Å². The van der Waals surface area contributed by atoms with Gasteiger partial charge in [0, 0.05) is 52.5 Å². The van der Waals surface area contributed by atoms with Crippen LogP contribution in [0.4, 0.5) is 0 Å². The van der Waals surface area contributed by atoms with E-state index < -0.39 is 0 Å². The molecule has 102 valence electrons. The molecule has 0 aromatic carbocycles. The fraction of sp³-hybridized carbons (Fsp3) is 1.00. The van der Waals surface area contributed by atoms with Gasteiger partial charge < -0.3 is 14.7 Å². The van der Waals surface area contributed by atoms with Gasteiger partial charge in [0.25, 0.3) is 0 Å². The maximum absolute atomic E-state index is 9.49. The highest BCUT2D eigenvalue weighted by Crippen LogP contribution is 2.13. The number of rotatable bonds is 7. The predicted octanol–water partition coefficient (Wildman–Crippen LogP) is 0.800. The molecule has 1 aliphatic heterocycles. The molecule has 1 heterocycles. The number of aliphatic hydroxyl groups excluding tert-OH is 1. The lowest BCUT2D eigenvalue weighted by Crippen LogP contribution is -2.54. The number of β-amino-alcohol motifs (C(OH)–C–C–N with tert-alkyl or cyclic N) is 1. The van der Waals surface area contributed by atoms with E-state index in [0.29, 0.717) is 6.04 Å². The first-order valence-electron chi connectivity index (χ1n) is 6.80. The van der Waals surface area contributed by atoms with E-state index in [1.165, 1.54) is 0 Å². The molecule has 4 heteroatoms. The number of ether oxygens (including phenoxy) is 1. The Balaban J connectivity index is 2.32. The van der Waals surface area contributed by atoms with E-state index in [9.17, 15) is 5.11 Å². The average molecular weight is 244 g/mol. The van der Waals surface area contributed by atoms with E-state index in [4.69, 9.17) is 4.74 Å². The lowest BCUT2D eigenvalue weighted by atomic mass is 10.1. The van der Waals surface area contributed by atoms with Crippen LogP contribution in [0.5, 0.6) is 0 Å². The molecule has 1 N–H and O–H groups in total. The molecular formula is C13H28N2O2. The maximum Gasteiger partial charge on any atom is 0.0639 e. The first kappa shape index (κ1) is 14.9. The molecule has 1 saturated heterocycles. The average Bonchev–Trinajstić information content (AvgIpc) is 2.30. The zero-order valence-electron chi connectivity index (χ0n) is 11.6. The van der Waals surface area contributed by atoms with Crippen molar-refractivity contribution < 1.29 is 9.84 Å². The van der Waals surface area contributed by atoms with Crippen molar-refractivity contribution in [2.45, 2.75) is 38.8 Å². The van der Waals surface area contributed by atoms with E-state index in [2.05, 4.69) is 16.7 Å². The molecule has 1 rings (SSSR count). The minimum absolute atomic E-state index is 0.218. The van der Waals surface area contributed by atoms with E-state index >= 15 is 0 Å². The summed E-state index contributed by atoms with van der Waals surface area (Å²) in [5, 5.41) is 9.49. The van der Waals surface area contributed by atoms with Crippen LogP contribution in [0, 0.1) is 0 Å². The van der Waals surface area contributed by atoms with Gasteiger partial charge in [-0.2, -0.15) is 0 Å². The molecular weight excluding hydrogens is 216 g/mol. The van der Waals surface area contributed by atoms with E-state index in [0.717, 1.165) is 52.2 Å². The molecule has 2 atom stereocenters. The predicted molar refractivity (Wildman–Crippen MR) is 70.3 cm³/mol. The summed E-state index contributed by atoms with van der Waals surface area (Å²) in [5.41, 5.74) is 0. The molecule has 17 heavy (non-hydrogen) atoms. The Kier molecular flexibility index (Phi) is 7.04. The van der Waals surface area contributed by atoms with E-state index in [1.807, 2.05) is 6.92 Å². The molecule has 1 aliphatic rings. The molecule has 0 aromatic heterocycles. The third-order valence-corrected chi connectivity index (χ3v) is 3.48. The van der Waals surface area contributed by atoms with Crippen LogP contribution in [0.15, 0.2) is 0 Å². The summed E-state index contributed by atoms with van der Waals surface area (Å²) in [6.07, 6.45) is 2.06. The summed E-state index contributed by atoms with van der Waals surface area (Å²) in [7, 11) is 1.76. The minimum Gasteiger partial charge on any atom is -0.392 e. The first-order valence-corrected chi connectivity index (χ1v) is 6.80. The Bertz CT molecular complexity index is 200. The van der Waals surface area contributed by atoms with Crippen molar-refractivity contribution in [3.05, 3.63) is 0 Å². The van der Waals surface area contributed by atoms with Crippen molar-refractivity contribution in [1.82, 2.24) is 9.80 Å². The smallest absolute Gasteiger partial charge is 0.0639 e. The number of methoxy groups -OCH3 is 1. The molecule has 4 nitrogen and oxygen atoms in total. The molecule has 0 radical (unpaired) electrons. The minimum atomic E-state index is -0.218. The molecule has 1 fully saturated rings. The Morgan fingerprint density at radius 3 is 2.76 bits per heavy atom. The summed E-state index contributed by atoms with van der Waals surface area (Å²) < 4.78 is 5.09. The van der Waals surface area contributed by atoms with Gasteiger partial charge in [-0.05, 0) is 19.8 Å². The van der Waals surface area contributed by atoms with Crippen molar-refractivity contribution in [2.75, 3.05) is 46.4 Å². The van der Waals surface area contributed by atoms with Crippen molar-refractivity contribution >= 4 is 0 Å². The summed E-state index contributed by atoms with van der Waals surface area (Å²) in [5.74, 6) is 0. The van der Waals surface area contributed by atoms with Crippen LogP contribution < -0.4 is 0 Å².